The Labute approximate surface area is 185 Å². The lowest BCUT2D eigenvalue weighted by molar-refractivity contribution is -0.139. The monoisotopic (exact) mass is 416 g/mol. The maximum absolute atomic E-state index is 12.4. The highest BCUT2D eigenvalue weighted by Crippen LogP contribution is 2.16. The maximum atomic E-state index is 12.4. The lowest BCUT2D eigenvalue weighted by atomic mass is 9.95. The number of carbonyl (C=O) groups is 2. The second-order valence-electron chi connectivity index (χ2n) is 8.76. The molecule has 1 unspecified atom stereocenters. The van der Waals surface area contributed by atoms with E-state index in [9.17, 15) is 9.59 Å². The molecule has 0 heterocycles. The fraction of sp³-hybridized carbons (Fsp3) is 0.630. The molecule has 1 atom stereocenters. The molecule has 0 aliphatic heterocycles. The number of carbonyl (C=O) groups excluding carboxylic acids is 2. The van der Waals surface area contributed by atoms with Gasteiger partial charge in [0.15, 0.2) is 0 Å². The summed E-state index contributed by atoms with van der Waals surface area (Å²) in [5.41, 5.74) is 5.29. The first-order valence-corrected chi connectivity index (χ1v) is 11.4. The van der Waals surface area contributed by atoms with Crippen molar-refractivity contribution in [2.45, 2.75) is 99.8 Å². The molecule has 0 bridgehead atoms. The lowest BCUT2D eigenvalue weighted by Gasteiger charge is -2.10. The first kappa shape index (κ1) is 28.1. The van der Waals surface area contributed by atoms with Crippen molar-refractivity contribution in [1.29, 1.82) is 0 Å². The van der Waals surface area contributed by atoms with E-state index in [1.54, 1.807) is 0 Å². The molecule has 0 saturated heterocycles. The van der Waals surface area contributed by atoms with Crippen LogP contribution < -0.4 is 0 Å². The molecule has 0 rings (SSSR count). The van der Waals surface area contributed by atoms with E-state index in [1.165, 1.54) is 29.2 Å². The molecule has 0 radical (unpaired) electrons. The molecule has 0 amide bonds. The maximum Gasteiger partial charge on any atom is 0.302 e. The van der Waals surface area contributed by atoms with Gasteiger partial charge in [0.2, 0.25) is 0 Å². The summed E-state index contributed by atoms with van der Waals surface area (Å²) < 4.78 is 4.92. The minimum Gasteiger partial charge on any atom is -0.462 e. The summed E-state index contributed by atoms with van der Waals surface area (Å²) in [7, 11) is 0. The molecule has 0 aliphatic carbocycles. The largest absolute Gasteiger partial charge is 0.462 e. The van der Waals surface area contributed by atoms with E-state index in [2.05, 4.69) is 59.8 Å². The van der Waals surface area contributed by atoms with Crippen LogP contribution in [0.2, 0.25) is 0 Å². The van der Waals surface area contributed by atoms with E-state index in [4.69, 9.17) is 4.74 Å². The van der Waals surface area contributed by atoms with E-state index in [1.807, 2.05) is 6.08 Å². The van der Waals surface area contributed by atoms with Gasteiger partial charge in [-0.1, -0.05) is 47.4 Å². The van der Waals surface area contributed by atoms with Crippen LogP contribution in [0, 0.1) is 5.92 Å². The molecule has 0 saturated carbocycles. The molecule has 0 N–H and O–H groups in total. The fourth-order valence-electron chi connectivity index (χ4n) is 3.05. The predicted octanol–water partition coefficient (Wildman–Crippen LogP) is 7.68. The highest BCUT2D eigenvalue weighted by Gasteiger charge is 2.11. The molecule has 0 spiro atoms. The van der Waals surface area contributed by atoms with Crippen molar-refractivity contribution in [3.05, 3.63) is 46.6 Å². The molecule has 0 aromatic carbocycles. The first-order chi connectivity index (χ1) is 14.1. The summed E-state index contributed by atoms with van der Waals surface area (Å²) in [5.74, 6) is 0.251. The number of rotatable bonds is 15. The van der Waals surface area contributed by atoms with Crippen LogP contribution in [-0.4, -0.2) is 18.4 Å². The van der Waals surface area contributed by atoms with Crippen molar-refractivity contribution >= 4 is 11.8 Å². The quantitative estimate of drug-likeness (QED) is 0.203. The minimum atomic E-state index is -0.251. The van der Waals surface area contributed by atoms with Crippen LogP contribution in [-0.2, 0) is 14.3 Å². The van der Waals surface area contributed by atoms with Crippen LogP contribution in [0.5, 0.6) is 0 Å². The summed E-state index contributed by atoms with van der Waals surface area (Å²) in [4.78, 5) is 23.2. The van der Waals surface area contributed by atoms with Crippen molar-refractivity contribution in [2.75, 3.05) is 6.61 Å². The smallest absolute Gasteiger partial charge is 0.302 e. The van der Waals surface area contributed by atoms with E-state index < -0.39 is 0 Å². The molecular weight excluding hydrogens is 372 g/mol. The van der Waals surface area contributed by atoms with E-state index >= 15 is 0 Å². The van der Waals surface area contributed by atoms with Crippen LogP contribution in [0.25, 0.3) is 0 Å². The van der Waals surface area contributed by atoms with Gasteiger partial charge in [0, 0.05) is 19.3 Å². The van der Waals surface area contributed by atoms with Crippen molar-refractivity contribution < 1.29 is 14.3 Å². The Bertz CT molecular complexity index is 643. The molecule has 0 aromatic rings. The zero-order valence-corrected chi connectivity index (χ0v) is 20.5. The first-order valence-electron chi connectivity index (χ1n) is 11.4. The Morgan fingerprint density at radius 2 is 1.23 bits per heavy atom. The summed E-state index contributed by atoms with van der Waals surface area (Å²) in [5, 5.41) is 0. The van der Waals surface area contributed by atoms with Gasteiger partial charge in [-0.05, 0) is 85.6 Å². The predicted molar refractivity (Wildman–Crippen MR) is 128 cm³/mol. The van der Waals surface area contributed by atoms with Crippen LogP contribution in [0.3, 0.4) is 0 Å². The molecule has 0 aromatic heterocycles. The number of Topliss-reactive ketones (excluding diaryl/α,β-unsaturated/α-hetero) is 1. The van der Waals surface area contributed by atoms with Crippen molar-refractivity contribution in [2.24, 2.45) is 5.92 Å². The Morgan fingerprint density at radius 3 is 1.83 bits per heavy atom. The van der Waals surface area contributed by atoms with Gasteiger partial charge in [-0.25, -0.2) is 0 Å². The van der Waals surface area contributed by atoms with Gasteiger partial charge in [0.05, 0.1) is 0 Å². The highest BCUT2D eigenvalue weighted by molar-refractivity contribution is 5.80. The number of ether oxygens (including phenoxy) is 1. The summed E-state index contributed by atoms with van der Waals surface area (Å²) in [6.07, 6.45) is 16.3. The zero-order valence-electron chi connectivity index (χ0n) is 20.5. The van der Waals surface area contributed by atoms with E-state index in [0.717, 1.165) is 44.9 Å². The summed E-state index contributed by atoms with van der Waals surface area (Å²) >= 11 is 0. The van der Waals surface area contributed by atoms with Gasteiger partial charge in [-0.3, -0.25) is 9.59 Å². The normalized spacial score (nSPS) is 13.8. The minimum absolute atomic E-state index is 0.131. The molecule has 3 heteroatoms. The van der Waals surface area contributed by atoms with Crippen molar-refractivity contribution in [3.63, 3.8) is 0 Å². The van der Waals surface area contributed by atoms with Gasteiger partial charge < -0.3 is 4.74 Å². The van der Waals surface area contributed by atoms with Gasteiger partial charge in [0.1, 0.15) is 12.4 Å². The average Bonchev–Trinajstić information content (AvgIpc) is 2.65. The number of ketones is 1. The van der Waals surface area contributed by atoms with E-state index in [0.29, 0.717) is 18.8 Å². The second-order valence-corrected chi connectivity index (χ2v) is 8.76. The third-order valence-corrected chi connectivity index (χ3v) is 5.25. The molecule has 170 valence electrons. The van der Waals surface area contributed by atoms with Gasteiger partial charge in [0.25, 0.3) is 0 Å². The van der Waals surface area contributed by atoms with Crippen LogP contribution >= 0.6 is 0 Å². The highest BCUT2D eigenvalue weighted by atomic mass is 16.5. The standard InChI is InChI=1S/C27H44O3/c1-21(2)11-8-12-22(3)15-10-16-25(6)27(29)18-17-23(4)13-9-14-24(5)19-20-30-26(7)28/h11,13,15,19,25H,8-10,12,14,16-18,20H2,1-7H3. The Balaban J connectivity index is 4.12. The number of allylic oxidation sites excluding steroid dienone is 7. The topological polar surface area (TPSA) is 43.4 Å². The number of hydrogen-bond acceptors (Lipinski definition) is 3. The molecular formula is C27H44O3. The SMILES string of the molecule is CC(=O)OCC=C(C)CCC=C(C)CCC(=O)C(C)CCC=C(C)CCC=C(C)C. The van der Waals surface area contributed by atoms with Gasteiger partial charge >= 0.3 is 5.97 Å². The molecule has 0 aliphatic rings. The van der Waals surface area contributed by atoms with Gasteiger partial charge in [-0.15, -0.1) is 0 Å². The fourth-order valence-corrected chi connectivity index (χ4v) is 3.05. The average molecular weight is 417 g/mol. The molecule has 30 heavy (non-hydrogen) atoms. The summed E-state index contributed by atoms with van der Waals surface area (Å²) in [6, 6.07) is 0. The number of esters is 1. The Hall–Kier alpha value is -1.90. The Morgan fingerprint density at radius 1 is 0.700 bits per heavy atom. The van der Waals surface area contributed by atoms with Crippen LogP contribution in [0.4, 0.5) is 0 Å². The summed E-state index contributed by atoms with van der Waals surface area (Å²) in [6.45, 7) is 14.4. The third-order valence-electron chi connectivity index (χ3n) is 5.25. The molecule has 0 fully saturated rings. The Kier molecular flexibility index (Phi) is 15.8. The zero-order chi connectivity index (χ0) is 22.9. The van der Waals surface area contributed by atoms with E-state index in [-0.39, 0.29) is 11.9 Å². The van der Waals surface area contributed by atoms with Crippen LogP contribution in [0.15, 0.2) is 46.6 Å². The lowest BCUT2D eigenvalue weighted by Crippen LogP contribution is -2.10. The van der Waals surface area contributed by atoms with Crippen molar-refractivity contribution in [1.82, 2.24) is 0 Å². The molecule has 3 nitrogen and oxygen atoms in total. The third kappa shape index (κ3) is 17.0. The second kappa shape index (κ2) is 16.8. The van der Waals surface area contributed by atoms with Crippen molar-refractivity contribution in [3.8, 4) is 0 Å². The van der Waals surface area contributed by atoms with Gasteiger partial charge in [-0.2, -0.15) is 0 Å². The number of hydrogen-bond donors (Lipinski definition) is 0. The van der Waals surface area contributed by atoms with Crippen LogP contribution in [0.1, 0.15) is 99.8 Å².